The second-order valence-corrected chi connectivity index (χ2v) is 4.45. The summed E-state index contributed by atoms with van der Waals surface area (Å²) in [7, 11) is 0. The van der Waals surface area contributed by atoms with Crippen molar-refractivity contribution in [3.63, 3.8) is 0 Å². The first-order valence-electron chi connectivity index (χ1n) is 4.78. The zero-order chi connectivity index (χ0) is 12.4. The molecular weight excluding hydrogens is 243 g/mol. The second-order valence-electron chi connectivity index (χ2n) is 3.42. The third kappa shape index (κ3) is 2.59. The number of carboxylic acids is 1. The van der Waals surface area contributed by atoms with Crippen molar-refractivity contribution in [1.29, 1.82) is 0 Å². The van der Waals surface area contributed by atoms with Crippen molar-refractivity contribution in [1.82, 2.24) is 4.98 Å². The van der Waals surface area contributed by atoms with Crippen LogP contribution in [0, 0.1) is 12.7 Å². The maximum atomic E-state index is 13.3. The van der Waals surface area contributed by atoms with E-state index >= 15 is 0 Å². The van der Waals surface area contributed by atoms with Crippen LogP contribution in [0.4, 0.5) is 15.2 Å². The monoisotopic (exact) mass is 252 g/mol. The molecule has 2 aromatic rings. The largest absolute Gasteiger partial charge is 0.477 e. The van der Waals surface area contributed by atoms with Crippen molar-refractivity contribution in [3.05, 3.63) is 40.7 Å². The number of benzene rings is 1. The summed E-state index contributed by atoms with van der Waals surface area (Å²) >= 11 is 1.00. The van der Waals surface area contributed by atoms with Gasteiger partial charge in [0.15, 0.2) is 5.13 Å². The van der Waals surface area contributed by atoms with Crippen LogP contribution in [-0.4, -0.2) is 16.1 Å². The lowest BCUT2D eigenvalue weighted by Crippen LogP contribution is -1.91. The lowest BCUT2D eigenvalue weighted by molar-refractivity contribution is 0.0702. The van der Waals surface area contributed by atoms with E-state index in [-0.39, 0.29) is 10.7 Å². The number of aryl methyl sites for hydroxylation is 1. The van der Waals surface area contributed by atoms with E-state index < -0.39 is 5.97 Å². The lowest BCUT2D eigenvalue weighted by Gasteiger charge is -2.03. The summed E-state index contributed by atoms with van der Waals surface area (Å²) in [4.78, 5) is 14.7. The molecule has 0 spiro atoms. The van der Waals surface area contributed by atoms with Gasteiger partial charge in [-0.15, -0.1) is 0 Å². The maximum absolute atomic E-state index is 13.3. The summed E-state index contributed by atoms with van der Waals surface area (Å²) in [5.41, 5.74) is 1.10. The number of aromatic carboxylic acids is 1. The first-order valence-corrected chi connectivity index (χ1v) is 5.60. The van der Waals surface area contributed by atoms with Gasteiger partial charge in [0.25, 0.3) is 0 Å². The van der Waals surface area contributed by atoms with Crippen LogP contribution in [0.25, 0.3) is 0 Å². The number of hydrogen-bond acceptors (Lipinski definition) is 4. The van der Waals surface area contributed by atoms with Gasteiger partial charge >= 0.3 is 5.97 Å². The highest BCUT2D eigenvalue weighted by Crippen LogP contribution is 2.23. The SMILES string of the molecule is Cc1ccc(Nc2ncc(C(=O)O)s2)cc1F. The fraction of sp³-hybridized carbons (Fsp3) is 0.0909. The van der Waals surface area contributed by atoms with E-state index in [0.29, 0.717) is 16.4 Å². The van der Waals surface area contributed by atoms with Gasteiger partial charge in [0.1, 0.15) is 10.7 Å². The molecule has 0 aliphatic rings. The minimum Gasteiger partial charge on any atom is -0.477 e. The fourth-order valence-electron chi connectivity index (χ4n) is 1.22. The molecule has 0 aliphatic heterocycles. The smallest absolute Gasteiger partial charge is 0.347 e. The minimum atomic E-state index is -1.02. The molecule has 0 atom stereocenters. The van der Waals surface area contributed by atoms with Crippen LogP contribution in [0.15, 0.2) is 24.4 Å². The summed E-state index contributed by atoms with van der Waals surface area (Å²) in [5.74, 6) is -1.34. The minimum absolute atomic E-state index is 0.139. The normalized spacial score (nSPS) is 10.2. The predicted molar refractivity (Wildman–Crippen MR) is 63.5 cm³/mol. The topological polar surface area (TPSA) is 62.2 Å². The van der Waals surface area contributed by atoms with E-state index in [9.17, 15) is 9.18 Å². The molecule has 0 aliphatic carbocycles. The quantitative estimate of drug-likeness (QED) is 0.881. The Labute approximate surface area is 101 Å². The van der Waals surface area contributed by atoms with E-state index in [4.69, 9.17) is 5.11 Å². The van der Waals surface area contributed by atoms with Crippen LogP contribution in [0.1, 0.15) is 15.2 Å². The van der Waals surface area contributed by atoms with E-state index in [1.807, 2.05) is 0 Å². The molecule has 0 saturated carbocycles. The number of rotatable bonds is 3. The average Bonchev–Trinajstić information content (AvgIpc) is 2.72. The number of nitrogens with zero attached hydrogens (tertiary/aromatic N) is 1. The van der Waals surface area contributed by atoms with Gasteiger partial charge in [0, 0.05) is 5.69 Å². The van der Waals surface area contributed by atoms with E-state index in [2.05, 4.69) is 10.3 Å². The first kappa shape index (κ1) is 11.5. The summed E-state index contributed by atoms with van der Waals surface area (Å²) in [5, 5.41) is 12.0. The maximum Gasteiger partial charge on any atom is 0.347 e. The van der Waals surface area contributed by atoms with Gasteiger partial charge in [-0.1, -0.05) is 17.4 Å². The number of nitrogens with one attached hydrogen (secondary N) is 1. The molecule has 0 fully saturated rings. The van der Waals surface area contributed by atoms with Crippen LogP contribution < -0.4 is 5.32 Å². The lowest BCUT2D eigenvalue weighted by atomic mass is 10.2. The van der Waals surface area contributed by atoms with Crippen molar-refractivity contribution in [2.24, 2.45) is 0 Å². The molecule has 17 heavy (non-hydrogen) atoms. The third-order valence-electron chi connectivity index (χ3n) is 2.14. The van der Waals surface area contributed by atoms with E-state index in [1.165, 1.54) is 12.3 Å². The molecule has 0 saturated heterocycles. The van der Waals surface area contributed by atoms with Crippen molar-refractivity contribution >= 4 is 28.1 Å². The highest BCUT2D eigenvalue weighted by molar-refractivity contribution is 7.17. The number of carbonyl (C=O) groups is 1. The number of hydrogen-bond donors (Lipinski definition) is 2. The molecular formula is C11H9FN2O2S. The van der Waals surface area contributed by atoms with Gasteiger partial charge in [-0.05, 0) is 24.6 Å². The van der Waals surface area contributed by atoms with Gasteiger partial charge in [-0.25, -0.2) is 14.2 Å². The first-order chi connectivity index (χ1) is 8.06. The second kappa shape index (κ2) is 4.50. The standard InChI is InChI=1S/C11H9FN2O2S/c1-6-2-3-7(4-8(6)12)14-11-13-5-9(17-11)10(15)16/h2-5H,1H3,(H,13,14)(H,15,16). The number of anilines is 2. The molecule has 6 heteroatoms. The number of thiazole rings is 1. The molecule has 1 aromatic heterocycles. The Morgan fingerprint density at radius 1 is 1.53 bits per heavy atom. The molecule has 1 heterocycles. The summed E-state index contributed by atoms with van der Waals surface area (Å²) in [6, 6.07) is 4.70. The Morgan fingerprint density at radius 3 is 2.88 bits per heavy atom. The van der Waals surface area contributed by atoms with Crippen LogP contribution in [0.3, 0.4) is 0 Å². The van der Waals surface area contributed by atoms with Crippen molar-refractivity contribution in [2.45, 2.75) is 6.92 Å². The Hall–Kier alpha value is -1.95. The fourth-order valence-corrected chi connectivity index (χ4v) is 1.90. The Balaban J connectivity index is 2.19. The van der Waals surface area contributed by atoms with Crippen molar-refractivity contribution < 1.29 is 14.3 Å². The van der Waals surface area contributed by atoms with Gasteiger partial charge in [-0.3, -0.25) is 0 Å². The zero-order valence-electron chi connectivity index (χ0n) is 8.90. The molecule has 1 aromatic carbocycles. The Morgan fingerprint density at radius 2 is 2.29 bits per heavy atom. The number of aromatic nitrogens is 1. The molecule has 88 valence electrons. The molecule has 2 N–H and O–H groups in total. The van der Waals surface area contributed by atoms with Crippen LogP contribution in [-0.2, 0) is 0 Å². The zero-order valence-corrected chi connectivity index (χ0v) is 9.71. The van der Waals surface area contributed by atoms with E-state index in [0.717, 1.165) is 11.3 Å². The molecule has 0 bridgehead atoms. The summed E-state index contributed by atoms with van der Waals surface area (Å²) < 4.78 is 13.3. The molecule has 0 amide bonds. The van der Waals surface area contributed by atoms with E-state index in [1.54, 1.807) is 19.1 Å². The molecule has 4 nitrogen and oxygen atoms in total. The van der Waals surface area contributed by atoms with Crippen molar-refractivity contribution in [3.8, 4) is 0 Å². The summed E-state index contributed by atoms with van der Waals surface area (Å²) in [6.07, 6.45) is 1.26. The Bertz CT molecular complexity index is 568. The number of carboxylic acid groups (broad SMARTS) is 1. The molecule has 0 unspecified atom stereocenters. The van der Waals surface area contributed by atoms with Crippen LogP contribution in [0.5, 0.6) is 0 Å². The third-order valence-corrected chi connectivity index (χ3v) is 3.04. The molecule has 2 rings (SSSR count). The highest BCUT2D eigenvalue weighted by atomic mass is 32.1. The Kier molecular flexibility index (Phi) is 3.06. The van der Waals surface area contributed by atoms with Crippen molar-refractivity contribution in [2.75, 3.05) is 5.32 Å². The predicted octanol–water partition coefficient (Wildman–Crippen LogP) is 3.03. The average molecular weight is 252 g/mol. The van der Waals surface area contributed by atoms with Gasteiger partial charge in [0.05, 0.1) is 6.20 Å². The summed E-state index contributed by atoms with van der Waals surface area (Å²) in [6.45, 7) is 1.67. The van der Waals surface area contributed by atoms with Crippen LogP contribution >= 0.6 is 11.3 Å². The van der Waals surface area contributed by atoms with Gasteiger partial charge in [-0.2, -0.15) is 0 Å². The van der Waals surface area contributed by atoms with Gasteiger partial charge < -0.3 is 10.4 Å². The number of halogens is 1. The molecule has 0 radical (unpaired) electrons. The van der Waals surface area contributed by atoms with Gasteiger partial charge in [0.2, 0.25) is 0 Å². The highest BCUT2D eigenvalue weighted by Gasteiger charge is 2.08. The van der Waals surface area contributed by atoms with Crippen LogP contribution in [0.2, 0.25) is 0 Å².